The number of para-hydroxylation sites is 1. The number of fused-ring (bicyclic) bond motifs is 1. The minimum absolute atomic E-state index is 0.127. The highest BCUT2D eigenvalue weighted by Gasteiger charge is 2.24. The SMILES string of the molecule is COc1nc(OC)c2c(=O)n(-c3ccccc3)c(-c3ccccc3C)c(Br)c2n1. The average Bonchev–Trinajstić information content (AvgIpc) is 2.76. The maximum atomic E-state index is 13.7. The topological polar surface area (TPSA) is 66.2 Å². The number of hydrogen-bond acceptors (Lipinski definition) is 5. The van der Waals surface area contributed by atoms with E-state index in [9.17, 15) is 4.79 Å². The van der Waals surface area contributed by atoms with Crippen molar-refractivity contribution >= 4 is 26.8 Å². The van der Waals surface area contributed by atoms with Crippen LogP contribution in [0.2, 0.25) is 0 Å². The molecule has 0 fully saturated rings. The van der Waals surface area contributed by atoms with Gasteiger partial charge < -0.3 is 9.47 Å². The van der Waals surface area contributed by atoms with Gasteiger partial charge in [0.2, 0.25) is 5.88 Å². The molecule has 146 valence electrons. The molecule has 6 nitrogen and oxygen atoms in total. The molecular formula is C22H18BrN3O3. The molecular weight excluding hydrogens is 434 g/mol. The smallest absolute Gasteiger partial charge is 0.320 e. The van der Waals surface area contributed by atoms with Gasteiger partial charge in [-0.25, -0.2) is 0 Å². The average molecular weight is 452 g/mol. The van der Waals surface area contributed by atoms with Crippen molar-refractivity contribution in [2.75, 3.05) is 14.2 Å². The Bertz CT molecular complexity index is 1270. The molecule has 0 atom stereocenters. The Labute approximate surface area is 175 Å². The first-order chi connectivity index (χ1) is 14.1. The first kappa shape index (κ1) is 19.1. The molecule has 7 heteroatoms. The van der Waals surface area contributed by atoms with Crippen LogP contribution in [0.15, 0.2) is 63.9 Å². The van der Waals surface area contributed by atoms with Gasteiger partial charge in [0.25, 0.3) is 5.56 Å². The minimum Gasteiger partial charge on any atom is -0.480 e. The van der Waals surface area contributed by atoms with E-state index in [1.54, 1.807) is 4.57 Å². The molecule has 0 spiro atoms. The molecule has 2 aromatic carbocycles. The molecule has 0 unspecified atom stereocenters. The van der Waals surface area contributed by atoms with Gasteiger partial charge in [0.05, 0.1) is 24.4 Å². The summed E-state index contributed by atoms with van der Waals surface area (Å²) in [5, 5.41) is 0.279. The Hall–Kier alpha value is -3.19. The number of rotatable bonds is 4. The highest BCUT2D eigenvalue weighted by molar-refractivity contribution is 9.10. The van der Waals surface area contributed by atoms with Gasteiger partial charge in [0, 0.05) is 11.3 Å². The summed E-state index contributed by atoms with van der Waals surface area (Å²) < 4.78 is 12.9. The number of ether oxygens (including phenoxy) is 2. The number of hydrogen-bond donors (Lipinski definition) is 0. The molecule has 4 rings (SSSR count). The molecule has 0 aliphatic heterocycles. The van der Waals surface area contributed by atoms with Crippen molar-refractivity contribution in [3.8, 4) is 28.8 Å². The fourth-order valence-corrected chi connectivity index (χ4v) is 4.01. The van der Waals surface area contributed by atoms with E-state index < -0.39 is 0 Å². The zero-order chi connectivity index (χ0) is 20.5. The normalized spacial score (nSPS) is 10.9. The van der Waals surface area contributed by atoms with Crippen molar-refractivity contribution < 1.29 is 9.47 Å². The molecule has 0 saturated carbocycles. The van der Waals surface area contributed by atoms with E-state index >= 15 is 0 Å². The van der Waals surface area contributed by atoms with Gasteiger partial charge in [-0.15, -0.1) is 0 Å². The Balaban J connectivity index is 2.25. The molecule has 0 amide bonds. The lowest BCUT2D eigenvalue weighted by Crippen LogP contribution is -2.22. The first-order valence-corrected chi connectivity index (χ1v) is 9.71. The van der Waals surface area contributed by atoms with Crippen molar-refractivity contribution in [3.05, 3.63) is 75.0 Å². The van der Waals surface area contributed by atoms with Crippen molar-refractivity contribution in [2.24, 2.45) is 0 Å². The zero-order valence-electron chi connectivity index (χ0n) is 16.1. The molecule has 4 aromatic rings. The Kier molecular flexibility index (Phi) is 5.07. The van der Waals surface area contributed by atoms with Crippen LogP contribution < -0.4 is 15.0 Å². The highest BCUT2D eigenvalue weighted by Crippen LogP contribution is 2.37. The van der Waals surface area contributed by atoms with Crippen LogP contribution in [0.3, 0.4) is 0 Å². The maximum Gasteiger partial charge on any atom is 0.320 e. The molecule has 0 bridgehead atoms. The number of halogens is 1. The van der Waals surface area contributed by atoms with Crippen LogP contribution in [0.25, 0.3) is 27.8 Å². The monoisotopic (exact) mass is 451 g/mol. The van der Waals surface area contributed by atoms with E-state index in [2.05, 4.69) is 25.9 Å². The lowest BCUT2D eigenvalue weighted by atomic mass is 10.0. The first-order valence-electron chi connectivity index (χ1n) is 8.92. The van der Waals surface area contributed by atoms with E-state index in [0.29, 0.717) is 15.7 Å². The van der Waals surface area contributed by atoms with Crippen LogP contribution in [0.5, 0.6) is 11.9 Å². The van der Waals surface area contributed by atoms with E-state index in [1.807, 2.05) is 61.5 Å². The second kappa shape index (κ2) is 7.67. The van der Waals surface area contributed by atoms with Crippen LogP contribution in [0, 0.1) is 6.92 Å². The Morgan fingerprint density at radius 2 is 1.62 bits per heavy atom. The zero-order valence-corrected chi connectivity index (χ0v) is 17.7. The maximum absolute atomic E-state index is 13.7. The van der Waals surface area contributed by atoms with Gasteiger partial charge in [0.1, 0.15) is 10.9 Å². The quantitative estimate of drug-likeness (QED) is 0.455. The summed E-state index contributed by atoms with van der Waals surface area (Å²) in [5.74, 6) is 0.165. The minimum atomic E-state index is -0.271. The largest absolute Gasteiger partial charge is 0.480 e. The van der Waals surface area contributed by atoms with E-state index in [-0.39, 0.29) is 22.8 Å². The van der Waals surface area contributed by atoms with E-state index in [1.165, 1.54) is 14.2 Å². The third-order valence-electron chi connectivity index (χ3n) is 4.70. The number of aromatic nitrogens is 3. The van der Waals surface area contributed by atoms with Gasteiger partial charge in [-0.05, 0) is 40.5 Å². The fraction of sp³-hybridized carbons (Fsp3) is 0.136. The van der Waals surface area contributed by atoms with Crippen LogP contribution in [0.4, 0.5) is 0 Å². The predicted molar refractivity (Wildman–Crippen MR) is 116 cm³/mol. The summed E-state index contributed by atoms with van der Waals surface area (Å²) in [6, 6.07) is 17.5. The van der Waals surface area contributed by atoms with Crippen LogP contribution in [0.1, 0.15) is 5.56 Å². The van der Waals surface area contributed by atoms with Gasteiger partial charge in [0.15, 0.2) is 0 Å². The summed E-state index contributed by atoms with van der Waals surface area (Å²) in [6.45, 7) is 2.01. The molecule has 0 saturated heterocycles. The van der Waals surface area contributed by atoms with Gasteiger partial charge in [-0.1, -0.05) is 42.5 Å². The molecule has 0 aliphatic carbocycles. The third kappa shape index (κ3) is 3.17. The number of benzene rings is 2. The van der Waals surface area contributed by atoms with Crippen LogP contribution >= 0.6 is 15.9 Å². The van der Waals surface area contributed by atoms with Crippen molar-refractivity contribution in [1.29, 1.82) is 0 Å². The molecule has 29 heavy (non-hydrogen) atoms. The summed E-state index contributed by atoms with van der Waals surface area (Å²) in [5.41, 5.74) is 3.55. The molecule has 0 aliphatic rings. The van der Waals surface area contributed by atoms with Gasteiger partial charge >= 0.3 is 6.01 Å². The number of pyridine rings is 1. The molecule has 2 heterocycles. The standard InChI is InChI=1S/C22H18BrN3O3/c1-13-9-7-8-12-15(13)19-17(23)18-16(20(28-2)25-22(24-18)29-3)21(27)26(19)14-10-5-4-6-11-14/h4-12H,1-3H3. The lowest BCUT2D eigenvalue weighted by Gasteiger charge is -2.19. The van der Waals surface area contributed by atoms with Crippen molar-refractivity contribution in [3.63, 3.8) is 0 Å². The lowest BCUT2D eigenvalue weighted by molar-refractivity contribution is 0.356. The van der Waals surface area contributed by atoms with Crippen molar-refractivity contribution in [2.45, 2.75) is 6.92 Å². The fourth-order valence-electron chi connectivity index (χ4n) is 3.34. The van der Waals surface area contributed by atoms with Gasteiger partial charge in [-0.2, -0.15) is 9.97 Å². The molecule has 2 aromatic heterocycles. The Morgan fingerprint density at radius 1 is 0.931 bits per heavy atom. The summed E-state index contributed by atoms with van der Waals surface area (Å²) in [6.07, 6.45) is 0. The van der Waals surface area contributed by atoms with Crippen molar-refractivity contribution in [1.82, 2.24) is 14.5 Å². The van der Waals surface area contributed by atoms with E-state index in [0.717, 1.165) is 16.8 Å². The van der Waals surface area contributed by atoms with Gasteiger partial charge in [-0.3, -0.25) is 9.36 Å². The van der Waals surface area contributed by atoms with Crippen LogP contribution in [-0.2, 0) is 0 Å². The molecule has 0 radical (unpaired) electrons. The number of nitrogens with zero attached hydrogens (tertiary/aromatic N) is 3. The number of methoxy groups -OCH3 is 2. The summed E-state index contributed by atoms with van der Waals surface area (Å²) >= 11 is 3.70. The highest BCUT2D eigenvalue weighted by atomic mass is 79.9. The third-order valence-corrected chi connectivity index (χ3v) is 5.45. The molecule has 0 N–H and O–H groups in total. The second-order valence-corrected chi connectivity index (χ2v) is 7.19. The summed E-state index contributed by atoms with van der Waals surface area (Å²) in [4.78, 5) is 22.4. The van der Waals surface area contributed by atoms with Crippen LogP contribution in [-0.4, -0.2) is 28.8 Å². The second-order valence-electron chi connectivity index (χ2n) is 6.40. The van der Waals surface area contributed by atoms with E-state index in [4.69, 9.17) is 9.47 Å². The number of aryl methyl sites for hydroxylation is 1. The summed E-state index contributed by atoms with van der Waals surface area (Å²) in [7, 11) is 2.94. The predicted octanol–water partition coefficient (Wildman–Crippen LogP) is 4.54. The Morgan fingerprint density at radius 3 is 2.28 bits per heavy atom.